The van der Waals surface area contributed by atoms with Crippen LogP contribution in [-0.4, -0.2) is 56.5 Å². The van der Waals surface area contributed by atoms with Crippen LogP contribution in [0.3, 0.4) is 0 Å². The van der Waals surface area contributed by atoms with Gasteiger partial charge in [-0.3, -0.25) is 14.5 Å². The van der Waals surface area contributed by atoms with E-state index in [1.54, 1.807) is 0 Å². The molecule has 4 aliphatic rings. The fraction of sp³-hybridized carbons (Fsp3) is 0.667. The van der Waals surface area contributed by atoms with Gasteiger partial charge in [0.1, 0.15) is 12.8 Å². The van der Waals surface area contributed by atoms with Crippen LogP contribution in [0.4, 0.5) is 0 Å². The largest absolute Gasteiger partial charge is 0.481 e. The third-order valence-electron chi connectivity index (χ3n) is 9.74. The zero-order valence-electron chi connectivity index (χ0n) is 22.4. The molecule has 0 amide bonds. The normalized spacial score (nSPS) is 31.8. The van der Waals surface area contributed by atoms with Crippen LogP contribution in [0.5, 0.6) is 0 Å². The highest BCUT2D eigenvalue weighted by Crippen LogP contribution is 2.47. The van der Waals surface area contributed by atoms with Gasteiger partial charge in [-0.2, -0.15) is 0 Å². The minimum absolute atomic E-state index is 0.0899. The molecule has 2 aliphatic carbocycles. The zero-order valence-corrected chi connectivity index (χ0v) is 22.4. The van der Waals surface area contributed by atoms with E-state index >= 15 is 0 Å². The predicted molar refractivity (Wildman–Crippen MR) is 146 cm³/mol. The zero-order chi connectivity index (χ0) is 26.2. The average Bonchev–Trinajstić information content (AvgIpc) is 2.90. The summed E-state index contributed by atoms with van der Waals surface area (Å²) in [6.07, 6.45) is 14.0. The van der Waals surface area contributed by atoms with E-state index in [0.29, 0.717) is 23.8 Å². The van der Waals surface area contributed by atoms with Crippen LogP contribution >= 0.6 is 0 Å². The van der Waals surface area contributed by atoms with E-state index in [4.69, 9.17) is 4.84 Å². The van der Waals surface area contributed by atoms with E-state index in [9.17, 15) is 14.7 Å². The van der Waals surface area contributed by atoms with E-state index < -0.39 is 5.97 Å². The molecule has 3 heterocycles. The number of aromatic nitrogens is 2. The minimum Gasteiger partial charge on any atom is -0.481 e. The minimum atomic E-state index is -0.943. The van der Waals surface area contributed by atoms with Gasteiger partial charge >= 0.3 is 5.97 Å². The summed E-state index contributed by atoms with van der Waals surface area (Å²) in [6, 6.07) is 9.62. The molecule has 0 radical (unpaired) electrons. The number of aliphatic carboxylic acids is 1. The second kappa shape index (κ2) is 10.8. The molecule has 204 valence electrons. The summed E-state index contributed by atoms with van der Waals surface area (Å²) in [4.78, 5) is 38.0. The topological polar surface area (TPSA) is 97.0 Å². The van der Waals surface area contributed by atoms with Gasteiger partial charge < -0.3 is 14.5 Å². The van der Waals surface area contributed by atoms with Crippen molar-refractivity contribution >= 4 is 22.7 Å². The molecule has 0 spiro atoms. The van der Waals surface area contributed by atoms with Gasteiger partial charge in [0.15, 0.2) is 5.69 Å². The molecular weight excluding hydrogens is 480 g/mol. The Morgan fingerprint density at radius 2 is 1.63 bits per heavy atom. The molecule has 2 aliphatic heterocycles. The lowest BCUT2D eigenvalue weighted by atomic mass is 9.68. The van der Waals surface area contributed by atoms with Crippen molar-refractivity contribution in [1.29, 1.82) is 0 Å². The van der Waals surface area contributed by atoms with E-state index in [1.807, 2.05) is 28.8 Å². The Kier molecular flexibility index (Phi) is 7.25. The first kappa shape index (κ1) is 25.5. The fourth-order valence-electron chi connectivity index (χ4n) is 8.38. The molecule has 5 atom stereocenters. The number of hydrogen-bond acceptors (Lipinski definition) is 6. The highest BCUT2D eigenvalue weighted by atomic mass is 16.6. The van der Waals surface area contributed by atoms with Crippen molar-refractivity contribution in [1.82, 2.24) is 14.5 Å². The van der Waals surface area contributed by atoms with Crippen molar-refractivity contribution in [2.24, 2.45) is 17.0 Å². The first-order valence-corrected chi connectivity index (χ1v) is 14.6. The second-order valence-corrected chi connectivity index (χ2v) is 12.1. The molecular formula is C30H40N4O4. The number of para-hydroxylation sites is 2. The molecule has 1 aromatic heterocycles. The third kappa shape index (κ3) is 4.88. The summed E-state index contributed by atoms with van der Waals surface area (Å²) in [5, 5.41) is 13.3. The number of hydrogen-bond donors (Lipinski definition) is 1. The number of carbonyl (C=O) groups is 1. The molecule has 1 N–H and O–H groups in total. The quantitative estimate of drug-likeness (QED) is 0.401. The summed E-state index contributed by atoms with van der Waals surface area (Å²) in [5.41, 5.74) is 1.90. The standard InChI is InChI=1S/C30H40N4O4/c1-38-32-26(12-13-28(35)36)29-30(37)34(27-11-3-2-10-25(27)31-29)24-17-21-8-5-9-22(18-24)33(21)23-15-19-6-4-7-20(14-19)16-23/h2-3,10-11,19-24H,4-9,12-18H2,1H3,(H,35,36)/t19?,20?,21-,22+,23?,24+. The van der Waals surface area contributed by atoms with Gasteiger partial charge in [-0.25, -0.2) is 4.98 Å². The second-order valence-electron chi connectivity index (χ2n) is 12.1. The third-order valence-corrected chi connectivity index (χ3v) is 9.74. The molecule has 4 fully saturated rings. The molecule has 1 aromatic carbocycles. The first-order chi connectivity index (χ1) is 18.5. The molecule has 38 heavy (non-hydrogen) atoms. The number of piperidine rings is 2. The lowest BCUT2D eigenvalue weighted by molar-refractivity contribution is -0.136. The van der Waals surface area contributed by atoms with Crippen molar-refractivity contribution in [3.8, 4) is 0 Å². The van der Waals surface area contributed by atoms with E-state index in [0.717, 1.165) is 35.7 Å². The maximum atomic E-state index is 14.1. The number of benzene rings is 1. The number of carboxylic acids is 1. The summed E-state index contributed by atoms with van der Waals surface area (Å²) in [7, 11) is 1.41. The summed E-state index contributed by atoms with van der Waals surface area (Å²) in [6.45, 7) is 0. The summed E-state index contributed by atoms with van der Waals surface area (Å²) in [5.74, 6) is 0.871. The predicted octanol–water partition coefficient (Wildman–Crippen LogP) is 5.14. The molecule has 2 aromatic rings. The first-order valence-electron chi connectivity index (χ1n) is 14.6. The van der Waals surface area contributed by atoms with Crippen LogP contribution in [0.15, 0.2) is 34.2 Å². The van der Waals surface area contributed by atoms with Gasteiger partial charge in [0.2, 0.25) is 0 Å². The van der Waals surface area contributed by atoms with Crippen LogP contribution in [-0.2, 0) is 9.63 Å². The van der Waals surface area contributed by atoms with Crippen molar-refractivity contribution in [2.45, 2.75) is 108 Å². The van der Waals surface area contributed by atoms with Gasteiger partial charge in [0.25, 0.3) is 5.56 Å². The highest BCUT2D eigenvalue weighted by Gasteiger charge is 2.45. The van der Waals surface area contributed by atoms with E-state index in [2.05, 4.69) is 15.0 Å². The van der Waals surface area contributed by atoms with Crippen molar-refractivity contribution in [3.05, 3.63) is 40.3 Å². The van der Waals surface area contributed by atoms with Crippen LogP contribution in [0.25, 0.3) is 11.0 Å². The van der Waals surface area contributed by atoms with E-state index in [-0.39, 0.29) is 30.1 Å². The highest BCUT2D eigenvalue weighted by molar-refractivity contribution is 6.00. The Bertz CT molecular complexity index is 1250. The van der Waals surface area contributed by atoms with Gasteiger partial charge in [0.05, 0.1) is 17.5 Å². The summed E-state index contributed by atoms with van der Waals surface area (Å²) < 4.78 is 1.96. The maximum Gasteiger partial charge on any atom is 0.303 e. The van der Waals surface area contributed by atoms with E-state index in [1.165, 1.54) is 64.9 Å². The average molecular weight is 521 g/mol. The Hall–Kier alpha value is -2.74. The van der Waals surface area contributed by atoms with Crippen molar-refractivity contribution in [3.63, 3.8) is 0 Å². The van der Waals surface area contributed by atoms with Crippen LogP contribution in [0, 0.1) is 11.8 Å². The van der Waals surface area contributed by atoms with Crippen LogP contribution in [0.2, 0.25) is 0 Å². The Morgan fingerprint density at radius 3 is 2.32 bits per heavy atom. The Labute approximate surface area is 224 Å². The SMILES string of the molecule is CON=C(CCC(=O)O)c1nc2ccccc2n([C@H]2C[C@H]3CCC[C@@H](C2)N3C2CC3CCCC(C3)C2)c1=O. The molecule has 8 nitrogen and oxygen atoms in total. The van der Waals surface area contributed by atoms with Crippen LogP contribution in [0.1, 0.15) is 95.2 Å². The fourth-order valence-corrected chi connectivity index (χ4v) is 8.38. The lowest BCUT2D eigenvalue weighted by Crippen LogP contribution is -2.58. The Morgan fingerprint density at radius 1 is 0.947 bits per heavy atom. The summed E-state index contributed by atoms with van der Waals surface area (Å²) >= 11 is 0. The molecule has 8 heteroatoms. The molecule has 6 rings (SSSR count). The number of carboxylic acid groups (broad SMARTS) is 1. The molecule has 2 unspecified atom stereocenters. The smallest absolute Gasteiger partial charge is 0.303 e. The number of nitrogens with zero attached hydrogens (tertiary/aromatic N) is 4. The molecule has 4 bridgehead atoms. The van der Waals surface area contributed by atoms with Crippen molar-refractivity contribution < 1.29 is 14.7 Å². The maximum absolute atomic E-state index is 14.1. The van der Waals surface area contributed by atoms with Crippen molar-refractivity contribution in [2.75, 3.05) is 7.11 Å². The van der Waals surface area contributed by atoms with Gasteiger partial charge in [-0.05, 0) is 68.9 Å². The van der Waals surface area contributed by atoms with Gasteiger partial charge in [-0.1, -0.05) is 43.0 Å². The van der Waals surface area contributed by atoms with Gasteiger partial charge in [-0.15, -0.1) is 0 Å². The Balaban J connectivity index is 1.35. The lowest BCUT2D eigenvalue weighted by Gasteiger charge is -2.55. The number of rotatable bonds is 7. The monoisotopic (exact) mass is 520 g/mol. The molecule has 2 saturated carbocycles. The number of oxime groups is 1. The van der Waals surface area contributed by atoms with Gasteiger partial charge in [0, 0.05) is 30.6 Å². The number of fused-ring (bicyclic) bond motifs is 5. The van der Waals surface area contributed by atoms with Crippen LogP contribution < -0.4 is 5.56 Å². The molecule has 2 saturated heterocycles.